The van der Waals surface area contributed by atoms with Crippen LogP contribution in [0.5, 0.6) is 0 Å². The van der Waals surface area contributed by atoms with E-state index in [0.29, 0.717) is 6.54 Å². The highest BCUT2D eigenvalue weighted by Gasteiger charge is 2.06. The van der Waals surface area contributed by atoms with Crippen molar-refractivity contribution in [3.8, 4) is 0 Å². The molecule has 12 heavy (non-hydrogen) atoms. The predicted molar refractivity (Wildman–Crippen MR) is 50.6 cm³/mol. The first-order chi connectivity index (χ1) is 5.62. The Morgan fingerprint density at radius 3 is 2.42 bits per heavy atom. The van der Waals surface area contributed by atoms with Crippen LogP contribution in [0, 0.1) is 0 Å². The van der Waals surface area contributed by atoms with Crippen molar-refractivity contribution in [2.45, 2.75) is 19.8 Å². The molecule has 0 saturated heterocycles. The second-order valence-electron chi connectivity index (χ2n) is 2.63. The molecule has 0 bridgehead atoms. The van der Waals surface area contributed by atoms with E-state index in [0.717, 1.165) is 19.4 Å². The topological polar surface area (TPSA) is 58.2 Å². The lowest BCUT2D eigenvalue weighted by atomic mass is 10.3. The van der Waals surface area contributed by atoms with Crippen LogP contribution in [0.1, 0.15) is 19.8 Å². The number of hydrogen-bond acceptors (Lipinski definition) is 3. The molecule has 0 aromatic carbocycles. The van der Waals surface area contributed by atoms with E-state index >= 15 is 0 Å². The first-order valence-corrected chi connectivity index (χ1v) is 5.89. The number of nitrogens with one attached hydrogen (secondary N) is 2. The summed E-state index contributed by atoms with van der Waals surface area (Å²) in [7, 11) is -1.13. The van der Waals surface area contributed by atoms with Gasteiger partial charge >= 0.3 is 0 Å². The third kappa shape index (κ3) is 6.57. The van der Waals surface area contributed by atoms with Gasteiger partial charge in [0.15, 0.2) is 0 Å². The Balaban J connectivity index is 3.48. The van der Waals surface area contributed by atoms with Crippen LogP contribution in [0.15, 0.2) is 0 Å². The molecule has 0 aliphatic carbocycles. The molecule has 0 spiro atoms. The van der Waals surface area contributed by atoms with Crippen molar-refractivity contribution in [1.29, 1.82) is 0 Å². The zero-order valence-electron chi connectivity index (χ0n) is 7.76. The highest BCUT2D eigenvalue weighted by atomic mass is 32.2. The van der Waals surface area contributed by atoms with Crippen LogP contribution >= 0.6 is 0 Å². The monoisotopic (exact) mass is 194 g/mol. The fourth-order valence-corrected chi connectivity index (χ4v) is 2.05. The van der Waals surface area contributed by atoms with Gasteiger partial charge in [-0.2, -0.15) is 0 Å². The molecule has 0 aliphatic rings. The summed E-state index contributed by atoms with van der Waals surface area (Å²) in [6.45, 7) is 3.14. The van der Waals surface area contributed by atoms with Gasteiger partial charge in [-0.3, -0.25) is 0 Å². The SMILES string of the molecule is CCNS(=O)(=O)CCCCNC. The second-order valence-corrected chi connectivity index (χ2v) is 4.55. The quantitative estimate of drug-likeness (QED) is 0.558. The van der Waals surface area contributed by atoms with Crippen LogP contribution < -0.4 is 10.0 Å². The maximum atomic E-state index is 11.1. The minimum atomic E-state index is -2.99. The molecular formula is C7H18N2O2S. The molecule has 0 aromatic rings. The number of rotatable bonds is 7. The van der Waals surface area contributed by atoms with Crippen molar-refractivity contribution >= 4 is 10.0 Å². The lowest BCUT2D eigenvalue weighted by Crippen LogP contribution is -2.26. The highest BCUT2D eigenvalue weighted by Crippen LogP contribution is 1.92. The molecule has 0 unspecified atom stereocenters. The zero-order chi connectivity index (χ0) is 9.45. The number of unbranched alkanes of at least 4 members (excludes halogenated alkanes) is 1. The number of hydrogen-bond donors (Lipinski definition) is 2. The molecule has 0 aliphatic heterocycles. The van der Waals surface area contributed by atoms with Crippen LogP contribution in [0.4, 0.5) is 0 Å². The number of sulfonamides is 1. The highest BCUT2D eigenvalue weighted by molar-refractivity contribution is 7.89. The summed E-state index contributed by atoms with van der Waals surface area (Å²) in [5.41, 5.74) is 0. The van der Waals surface area contributed by atoms with Gasteiger partial charge < -0.3 is 5.32 Å². The van der Waals surface area contributed by atoms with Gasteiger partial charge in [-0.1, -0.05) is 6.92 Å². The first-order valence-electron chi connectivity index (χ1n) is 4.24. The van der Waals surface area contributed by atoms with E-state index in [-0.39, 0.29) is 5.75 Å². The van der Waals surface area contributed by atoms with Crippen LogP contribution in [-0.4, -0.2) is 34.3 Å². The molecular weight excluding hydrogens is 176 g/mol. The lowest BCUT2D eigenvalue weighted by Gasteiger charge is -2.03. The van der Waals surface area contributed by atoms with Crippen molar-refractivity contribution in [3.05, 3.63) is 0 Å². The third-order valence-corrected chi connectivity index (χ3v) is 3.01. The van der Waals surface area contributed by atoms with Crippen molar-refractivity contribution in [2.24, 2.45) is 0 Å². The lowest BCUT2D eigenvalue weighted by molar-refractivity contribution is 0.578. The van der Waals surface area contributed by atoms with Gasteiger partial charge in [0.05, 0.1) is 5.75 Å². The van der Waals surface area contributed by atoms with Crippen LogP contribution in [-0.2, 0) is 10.0 Å². The van der Waals surface area contributed by atoms with Crippen LogP contribution in [0.3, 0.4) is 0 Å². The smallest absolute Gasteiger partial charge is 0.211 e. The minimum Gasteiger partial charge on any atom is -0.320 e. The zero-order valence-corrected chi connectivity index (χ0v) is 8.58. The Morgan fingerprint density at radius 1 is 1.25 bits per heavy atom. The maximum absolute atomic E-state index is 11.1. The maximum Gasteiger partial charge on any atom is 0.211 e. The molecule has 0 heterocycles. The molecule has 74 valence electrons. The van der Waals surface area contributed by atoms with Gasteiger partial charge in [0.2, 0.25) is 10.0 Å². The Kier molecular flexibility index (Phi) is 6.32. The summed E-state index contributed by atoms with van der Waals surface area (Å²) in [6, 6.07) is 0. The van der Waals surface area contributed by atoms with E-state index in [1.807, 2.05) is 7.05 Å². The van der Waals surface area contributed by atoms with Crippen molar-refractivity contribution < 1.29 is 8.42 Å². The van der Waals surface area contributed by atoms with E-state index in [4.69, 9.17) is 0 Å². The standard InChI is InChI=1S/C7H18N2O2S/c1-3-9-12(10,11)7-5-4-6-8-2/h8-9H,3-7H2,1-2H3. The summed E-state index contributed by atoms with van der Waals surface area (Å²) in [5, 5.41) is 2.97. The third-order valence-electron chi connectivity index (χ3n) is 1.45. The molecule has 5 heteroatoms. The fourth-order valence-electron chi connectivity index (χ4n) is 0.886. The van der Waals surface area contributed by atoms with Gasteiger partial charge in [-0.25, -0.2) is 13.1 Å². The van der Waals surface area contributed by atoms with Gasteiger partial charge in [0.25, 0.3) is 0 Å². The van der Waals surface area contributed by atoms with Crippen molar-refractivity contribution in [1.82, 2.24) is 10.0 Å². The molecule has 0 fully saturated rings. The van der Waals surface area contributed by atoms with Crippen molar-refractivity contribution in [3.63, 3.8) is 0 Å². The van der Waals surface area contributed by atoms with E-state index in [9.17, 15) is 8.42 Å². The van der Waals surface area contributed by atoms with E-state index in [1.165, 1.54) is 0 Å². The Bertz CT molecular complexity index is 190. The van der Waals surface area contributed by atoms with E-state index < -0.39 is 10.0 Å². The summed E-state index contributed by atoms with van der Waals surface area (Å²) in [4.78, 5) is 0. The van der Waals surface area contributed by atoms with E-state index in [1.54, 1.807) is 6.92 Å². The Morgan fingerprint density at radius 2 is 1.92 bits per heavy atom. The van der Waals surface area contributed by atoms with Crippen LogP contribution in [0.2, 0.25) is 0 Å². The fraction of sp³-hybridized carbons (Fsp3) is 1.00. The minimum absolute atomic E-state index is 0.239. The first kappa shape index (κ1) is 11.9. The molecule has 0 atom stereocenters. The molecule has 4 nitrogen and oxygen atoms in total. The average Bonchev–Trinajstić information content (AvgIpc) is 1.98. The Labute approximate surface area is 74.8 Å². The summed E-state index contributed by atoms with van der Waals surface area (Å²) < 4.78 is 24.6. The molecule has 2 N–H and O–H groups in total. The van der Waals surface area contributed by atoms with Gasteiger partial charge in [0.1, 0.15) is 0 Å². The van der Waals surface area contributed by atoms with Gasteiger partial charge in [-0.05, 0) is 26.4 Å². The predicted octanol–water partition coefficient (Wildman–Crippen LogP) is -0.0747. The summed E-state index contributed by atoms with van der Waals surface area (Å²) in [6.07, 6.45) is 1.62. The summed E-state index contributed by atoms with van der Waals surface area (Å²) in [5.74, 6) is 0.239. The normalized spacial score (nSPS) is 11.8. The van der Waals surface area contributed by atoms with Gasteiger partial charge in [0, 0.05) is 6.54 Å². The average molecular weight is 194 g/mol. The van der Waals surface area contributed by atoms with E-state index in [2.05, 4.69) is 10.0 Å². The molecule has 0 aromatic heterocycles. The molecule has 0 amide bonds. The van der Waals surface area contributed by atoms with Gasteiger partial charge in [-0.15, -0.1) is 0 Å². The van der Waals surface area contributed by atoms with Crippen molar-refractivity contribution in [2.75, 3.05) is 25.9 Å². The Hall–Kier alpha value is -0.130. The summed E-state index contributed by atoms with van der Waals surface area (Å²) >= 11 is 0. The second kappa shape index (κ2) is 6.39. The molecule has 0 rings (SSSR count). The largest absolute Gasteiger partial charge is 0.320 e. The molecule has 0 saturated carbocycles. The molecule has 0 radical (unpaired) electrons. The van der Waals surface area contributed by atoms with Crippen LogP contribution in [0.25, 0.3) is 0 Å².